The fourth-order valence-electron chi connectivity index (χ4n) is 2.51. The van der Waals surface area contributed by atoms with Crippen LogP contribution in [-0.4, -0.2) is 68.7 Å². The van der Waals surface area contributed by atoms with Crippen molar-refractivity contribution >= 4 is 81.8 Å². The van der Waals surface area contributed by atoms with Gasteiger partial charge in [-0.3, -0.25) is 38.4 Å². The zero-order chi connectivity index (χ0) is 28.9. The molecule has 0 unspecified atom stereocenters. The van der Waals surface area contributed by atoms with Crippen molar-refractivity contribution < 1.29 is 38.4 Å². The average Bonchev–Trinajstić information content (AvgIpc) is 3.03. The zero-order valence-corrected chi connectivity index (χ0v) is 20.4. The molecule has 172 valence electrons. The van der Waals surface area contributed by atoms with Crippen LogP contribution in [0.3, 0.4) is 0 Å². The molecule has 0 spiro atoms. The van der Waals surface area contributed by atoms with E-state index in [0.717, 1.165) is 0 Å². The molecule has 0 bridgehead atoms. The molecule has 3 aromatic rings. The molecule has 0 aliphatic carbocycles. The molecule has 0 aromatic heterocycles. The van der Waals surface area contributed by atoms with E-state index in [9.17, 15) is 0 Å². The summed E-state index contributed by atoms with van der Waals surface area (Å²) in [6, 6.07) is 32.9. The normalized spacial score (nSPS) is 6.66. The predicted octanol–water partition coefficient (Wildman–Crippen LogP) is -1.24. The molecule has 0 aliphatic heterocycles. The molecule has 3 aromatic carbocycles. The minimum atomic E-state index is -1.87. The molecule has 0 fully saturated rings. The number of benzene rings is 3. The SMILES string of the molecule is [C]=O.[C]=O.[C]=O.[C]=O.[C]=O.[C]=O.[C]=O.[C]=O.c1cc[c]([GeH]([c]2ccccc2)[c]2ccccc2)cc1. The third-order valence-electron chi connectivity index (χ3n) is 3.40. The Balaban J connectivity index is -0.000000113. The minimum absolute atomic E-state index is 1.52. The second-order valence-electron chi connectivity index (χ2n) is 4.67. The second-order valence-corrected chi connectivity index (χ2v) is 10.7. The number of rotatable bonds is 3. The molecule has 9 heteroatoms. The third-order valence-corrected chi connectivity index (χ3v) is 10.0. The van der Waals surface area contributed by atoms with Gasteiger partial charge >= 0.3 is 119 Å². The van der Waals surface area contributed by atoms with E-state index in [-0.39, 0.29) is 0 Å². The van der Waals surface area contributed by atoms with Gasteiger partial charge in [0.05, 0.1) is 0 Å². The van der Waals surface area contributed by atoms with E-state index in [1.165, 1.54) is 13.2 Å². The Morgan fingerprint density at radius 2 is 0.429 bits per heavy atom. The van der Waals surface area contributed by atoms with Crippen molar-refractivity contribution in [1.29, 1.82) is 0 Å². The number of hydrogen-bond donors (Lipinski definition) is 0. The predicted molar refractivity (Wildman–Crippen MR) is 131 cm³/mol. The molecule has 0 saturated heterocycles. The van der Waals surface area contributed by atoms with E-state index < -0.39 is 14.3 Å². The molecule has 16 radical (unpaired) electrons. The van der Waals surface area contributed by atoms with Crippen LogP contribution in [-0.2, 0) is 38.4 Å². The van der Waals surface area contributed by atoms with Gasteiger partial charge in [-0.2, -0.15) is 0 Å². The monoisotopic (exact) mass is 530 g/mol. The summed E-state index contributed by atoms with van der Waals surface area (Å²) in [6.07, 6.45) is 0. The van der Waals surface area contributed by atoms with Gasteiger partial charge in [-0.25, -0.2) is 0 Å². The molecule has 8 nitrogen and oxygen atoms in total. The van der Waals surface area contributed by atoms with Gasteiger partial charge in [0.2, 0.25) is 0 Å². The Labute approximate surface area is 211 Å². The average molecular weight is 529 g/mol. The summed E-state index contributed by atoms with van der Waals surface area (Å²) in [5, 5.41) is 0. The van der Waals surface area contributed by atoms with Crippen LogP contribution in [0.1, 0.15) is 0 Å². The van der Waals surface area contributed by atoms with Crippen LogP contribution in [0.4, 0.5) is 0 Å². The number of hydrogen-bond acceptors (Lipinski definition) is 8. The maximum absolute atomic E-state index is 7.50. The van der Waals surface area contributed by atoms with Crippen molar-refractivity contribution in [2.75, 3.05) is 0 Å². The third kappa shape index (κ3) is 22.5. The quantitative estimate of drug-likeness (QED) is 0.385. The first-order valence-electron chi connectivity index (χ1n) is 8.23. The van der Waals surface area contributed by atoms with Crippen molar-refractivity contribution in [3.63, 3.8) is 0 Å². The van der Waals surface area contributed by atoms with E-state index in [0.29, 0.717) is 0 Å². The number of carbonyl (C=O) groups excluding carboxylic acids is 8. The molecular weight excluding hydrogens is 513 g/mol. The van der Waals surface area contributed by atoms with E-state index >= 15 is 0 Å². The van der Waals surface area contributed by atoms with E-state index in [1.54, 1.807) is 0 Å². The van der Waals surface area contributed by atoms with Gasteiger partial charge in [-0.1, -0.05) is 0 Å². The molecule has 3 rings (SSSR count). The summed E-state index contributed by atoms with van der Waals surface area (Å²) >= 11 is -1.87. The summed E-state index contributed by atoms with van der Waals surface area (Å²) < 4.78 is 4.56. The van der Waals surface area contributed by atoms with Gasteiger partial charge < -0.3 is 0 Å². The van der Waals surface area contributed by atoms with Crippen molar-refractivity contribution in [2.45, 2.75) is 0 Å². The van der Waals surface area contributed by atoms with Gasteiger partial charge in [-0.15, -0.1) is 0 Å². The van der Waals surface area contributed by atoms with E-state index in [2.05, 4.69) is 145 Å². The van der Waals surface area contributed by atoms with Crippen LogP contribution >= 0.6 is 0 Å². The molecule has 0 saturated carbocycles. The van der Waals surface area contributed by atoms with Crippen LogP contribution in [0.25, 0.3) is 0 Å². The summed E-state index contributed by atoms with van der Waals surface area (Å²) in [5.41, 5.74) is 0. The fraction of sp³-hybridized carbons (Fsp3) is 0. The first kappa shape index (κ1) is 44.3. The molecule has 0 atom stereocenters. The van der Waals surface area contributed by atoms with E-state index in [4.69, 9.17) is 38.4 Å². The molecule has 0 aliphatic rings. The Hall–Kier alpha value is -4.44. The van der Waals surface area contributed by atoms with Gasteiger partial charge in [0.25, 0.3) is 54.3 Å². The summed E-state index contributed by atoms with van der Waals surface area (Å²) in [4.78, 5) is 60.0. The van der Waals surface area contributed by atoms with Crippen LogP contribution in [0.5, 0.6) is 0 Å². The van der Waals surface area contributed by atoms with Gasteiger partial charge in [0, 0.05) is 0 Å². The molecule has 35 heavy (non-hydrogen) atoms. The van der Waals surface area contributed by atoms with Crippen molar-refractivity contribution in [2.24, 2.45) is 0 Å². The Morgan fingerprint density at radius 1 is 0.286 bits per heavy atom. The standard InChI is InChI=1S/C18H16Ge.8CO/c1-4-10-16(11-5-1)19(17-12-6-2-7-13-17)18-14-8-3-9-15-18;8*1-2/h1-15,19H;;;;;;;;. The van der Waals surface area contributed by atoms with Gasteiger partial charge in [-0.05, 0) is 0 Å². The van der Waals surface area contributed by atoms with Crippen LogP contribution in [0.2, 0.25) is 0 Å². The first-order valence-corrected chi connectivity index (χ1v) is 11.9. The summed E-state index contributed by atoms with van der Waals surface area (Å²) in [7, 11) is 0. The van der Waals surface area contributed by atoms with Crippen molar-refractivity contribution in [1.82, 2.24) is 0 Å². The topological polar surface area (TPSA) is 137 Å². The molecule has 0 amide bonds. The molecular formula is C26H16GeO8. The zero-order valence-electron chi connectivity index (χ0n) is 18.0. The van der Waals surface area contributed by atoms with Crippen LogP contribution < -0.4 is 13.2 Å². The van der Waals surface area contributed by atoms with Crippen molar-refractivity contribution in [3.05, 3.63) is 91.0 Å². The van der Waals surface area contributed by atoms with Gasteiger partial charge in [0.1, 0.15) is 0 Å². The first-order chi connectivity index (χ1) is 17.4. The second kappa shape index (κ2) is 47.4. The molecule has 0 N–H and O–H groups in total. The molecule has 0 heterocycles. The Bertz CT molecular complexity index is 646. The van der Waals surface area contributed by atoms with Gasteiger partial charge in [0.15, 0.2) is 0 Å². The summed E-state index contributed by atoms with van der Waals surface area (Å²) in [6.45, 7) is 36.0. The van der Waals surface area contributed by atoms with E-state index in [1.807, 2.05) is 0 Å². The van der Waals surface area contributed by atoms with Crippen molar-refractivity contribution in [3.8, 4) is 0 Å². The summed E-state index contributed by atoms with van der Waals surface area (Å²) in [5.74, 6) is 0. The fourth-order valence-corrected chi connectivity index (χ4v) is 8.76. The maximum atomic E-state index is 7.50. The Kier molecular flexibility index (Phi) is 59.9. The van der Waals surface area contributed by atoms with Crippen LogP contribution in [0.15, 0.2) is 91.0 Å². The van der Waals surface area contributed by atoms with Crippen LogP contribution in [0, 0.1) is 0 Å². The Morgan fingerprint density at radius 3 is 0.571 bits per heavy atom.